The Kier molecular flexibility index (Phi) is 3.79. The van der Waals surface area contributed by atoms with Gasteiger partial charge in [-0.1, -0.05) is 0 Å². The minimum atomic E-state index is -3.37. The van der Waals surface area contributed by atoms with E-state index in [1.807, 2.05) is 97.7 Å². The van der Waals surface area contributed by atoms with Gasteiger partial charge in [0.1, 0.15) is 0 Å². The van der Waals surface area contributed by atoms with Crippen molar-refractivity contribution in [3.63, 3.8) is 0 Å². The molecule has 0 fully saturated rings. The Balaban J connectivity index is 2.50. The van der Waals surface area contributed by atoms with Crippen LogP contribution >= 0.6 is 6.60 Å². The van der Waals surface area contributed by atoms with Crippen LogP contribution in [0.2, 0.25) is 0 Å². The van der Waals surface area contributed by atoms with Crippen molar-refractivity contribution in [2.24, 2.45) is 5.73 Å². The first kappa shape index (κ1) is 15.5. The molecule has 3 rings (SSSR count). The monoisotopic (exact) mass is 321 g/mol. The number of rotatable bonds is 4. The van der Waals surface area contributed by atoms with Gasteiger partial charge in [-0.05, 0) is 0 Å². The van der Waals surface area contributed by atoms with Crippen LogP contribution in [0.1, 0.15) is 0 Å². The van der Waals surface area contributed by atoms with E-state index in [1.165, 1.54) is 0 Å². The molecule has 0 aliphatic rings. The zero-order chi connectivity index (χ0) is 16.4. The van der Waals surface area contributed by atoms with E-state index in [-0.39, 0.29) is 5.65 Å². The van der Waals surface area contributed by atoms with Crippen LogP contribution in [0, 0.1) is 0 Å². The predicted octanol–water partition coefficient (Wildman–Crippen LogP) is 3.22. The van der Waals surface area contributed by atoms with Crippen LogP contribution in [-0.2, 0) is 0 Å². The summed E-state index contributed by atoms with van der Waals surface area (Å²) in [5.41, 5.74) is 5.86. The van der Waals surface area contributed by atoms with Crippen molar-refractivity contribution < 1.29 is 4.79 Å². The standard InChI is InChI=1S/C20H20NOP/c1-23(20(21)22,17-11-5-2-6-12-17,18-13-7-3-8-14-18)19-15-9-4-10-16-19/h2-16H,1H3,(H2,21,22). The second-order valence-corrected chi connectivity index (χ2v) is 11.0. The van der Waals surface area contributed by atoms with Gasteiger partial charge in [0.05, 0.1) is 0 Å². The van der Waals surface area contributed by atoms with E-state index in [9.17, 15) is 4.79 Å². The molecule has 0 bridgehead atoms. The van der Waals surface area contributed by atoms with Gasteiger partial charge in [0, 0.05) is 0 Å². The number of benzene rings is 3. The molecule has 0 atom stereocenters. The molecule has 0 aliphatic heterocycles. The SMILES string of the molecule is CP(C(N)=O)(c1ccccc1)(c1ccccc1)c1ccccc1. The van der Waals surface area contributed by atoms with Crippen LogP contribution < -0.4 is 21.6 Å². The maximum absolute atomic E-state index is 13.0. The summed E-state index contributed by atoms with van der Waals surface area (Å²) in [7, 11) is 0. The Hall–Kier alpha value is -2.44. The molecule has 1 amide bonds. The van der Waals surface area contributed by atoms with Crippen LogP contribution in [0.3, 0.4) is 0 Å². The van der Waals surface area contributed by atoms with E-state index >= 15 is 0 Å². The number of nitrogens with two attached hydrogens (primary N) is 1. The number of carbonyl (C=O) groups excluding carboxylic acids is 1. The van der Waals surface area contributed by atoms with Crippen LogP contribution in [0.25, 0.3) is 0 Å². The second-order valence-electron chi connectivity index (χ2n) is 5.91. The maximum atomic E-state index is 13.0. The minimum absolute atomic E-state index is 0.264. The Bertz CT molecular complexity index is 717. The third-order valence-electron chi connectivity index (χ3n) is 4.76. The van der Waals surface area contributed by atoms with E-state index in [1.54, 1.807) is 0 Å². The van der Waals surface area contributed by atoms with Crippen molar-refractivity contribution in [1.82, 2.24) is 0 Å². The number of hydrogen-bond donors (Lipinski definition) is 1. The average molecular weight is 321 g/mol. The first-order chi connectivity index (χ1) is 11.1. The Morgan fingerprint density at radius 3 is 1.13 bits per heavy atom. The van der Waals surface area contributed by atoms with Gasteiger partial charge in [-0.3, -0.25) is 0 Å². The molecule has 0 aliphatic carbocycles. The summed E-state index contributed by atoms with van der Waals surface area (Å²) in [6.07, 6.45) is 0. The molecule has 0 radical (unpaired) electrons. The molecule has 23 heavy (non-hydrogen) atoms. The summed E-state index contributed by atoms with van der Waals surface area (Å²) < 4.78 is 0. The van der Waals surface area contributed by atoms with Gasteiger partial charge < -0.3 is 0 Å². The molecule has 0 spiro atoms. The molecular formula is C20H20NOP. The van der Waals surface area contributed by atoms with Crippen molar-refractivity contribution in [3.05, 3.63) is 91.0 Å². The van der Waals surface area contributed by atoms with Gasteiger partial charge in [0.2, 0.25) is 0 Å². The second kappa shape index (κ2) is 5.64. The van der Waals surface area contributed by atoms with Gasteiger partial charge >= 0.3 is 136 Å². The number of amides is 1. The van der Waals surface area contributed by atoms with E-state index in [0.717, 1.165) is 15.9 Å². The molecule has 0 saturated heterocycles. The van der Waals surface area contributed by atoms with Crippen molar-refractivity contribution in [2.45, 2.75) is 0 Å². The van der Waals surface area contributed by atoms with Gasteiger partial charge in [0.15, 0.2) is 0 Å². The fourth-order valence-electron chi connectivity index (χ4n) is 3.23. The number of carbonyl (C=O) groups is 1. The first-order valence-electron chi connectivity index (χ1n) is 7.57. The summed E-state index contributed by atoms with van der Waals surface area (Å²) in [6.45, 7) is -1.32. The third-order valence-corrected chi connectivity index (χ3v) is 10.6. The quantitative estimate of drug-likeness (QED) is 0.737. The van der Waals surface area contributed by atoms with E-state index < -0.39 is 6.60 Å². The molecule has 0 saturated carbocycles. The molecule has 116 valence electrons. The van der Waals surface area contributed by atoms with Crippen LogP contribution in [0.5, 0.6) is 0 Å². The van der Waals surface area contributed by atoms with E-state index in [4.69, 9.17) is 5.73 Å². The van der Waals surface area contributed by atoms with E-state index in [0.29, 0.717) is 0 Å². The van der Waals surface area contributed by atoms with E-state index in [2.05, 4.69) is 0 Å². The summed E-state index contributed by atoms with van der Waals surface area (Å²) in [6, 6.07) is 29.8. The molecule has 0 heterocycles. The fraction of sp³-hybridized carbons (Fsp3) is 0.0500. The third kappa shape index (κ3) is 2.10. The fourth-order valence-corrected chi connectivity index (χ4v) is 7.64. The van der Waals surface area contributed by atoms with Gasteiger partial charge in [-0.25, -0.2) is 0 Å². The van der Waals surface area contributed by atoms with Gasteiger partial charge in [-0.2, -0.15) is 0 Å². The topological polar surface area (TPSA) is 43.1 Å². The molecule has 0 aromatic heterocycles. The molecule has 3 heteroatoms. The zero-order valence-corrected chi connectivity index (χ0v) is 14.0. The van der Waals surface area contributed by atoms with Gasteiger partial charge in [-0.15, -0.1) is 0 Å². The summed E-state index contributed by atoms with van der Waals surface area (Å²) >= 11 is 0. The summed E-state index contributed by atoms with van der Waals surface area (Å²) in [5.74, 6) is 0. The molecule has 3 aromatic rings. The van der Waals surface area contributed by atoms with Crippen molar-refractivity contribution in [3.8, 4) is 0 Å². The van der Waals surface area contributed by atoms with Crippen molar-refractivity contribution >= 4 is 28.2 Å². The Morgan fingerprint density at radius 2 is 0.913 bits per heavy atom. The van der Waals surface area contributed by atoms with Crippen LogP contribution in [0.15, 0.2) is 91.0 Å². The molecule has 3 aromatic carbocycles. The molecule has 2 N–H and O–H groups in total. The molecular weight excluding hydrogens is 301 g/mol. The first-order valence-corrected chi connectivity index (χ1v) is 10.2. The Morgan fingerprint density at radius 1 is 0.652 bits per heavy atom. The summed E-state index contributed by atoms with van der Waals surface area (Å²) in [4.78, 5) is 13.0. The Labute approximate surface area is 136 Å². The van der Waals surface area contributed by atoms with Gasteiger partial charge in [0.25, 0.3) is 0 Å². The number of primary amides is 1. The van der Waals surface area contributed by atoms with Crippen molar-refractivity contribution in [2.75, 3.05) is 6.66 Å². The normalized spacial score (nSPS) is 13.0. The average Bonchev–Trinajstić information content (AvgIpc) is 2.63. The summed E-state index contributed by atoms with van der Waals surface area (Å²) in [5, 5.41) is 2.97. The number of hydrogen-bond acceptors (Lipinski definition) is 1. The molecule has 0 unspecified atom stereocenters. The predicted molar refractivity (Wildman–Crippen MR) is 101 cm³/mol. The zero-order valence-electron chi connectivity index (χ0n) is 13.1. The molecule has 2 nitrogen and oxygen atoms in total. The van der Waals surface area contributed by atoms with Crippen LogP contribution in [0.4, 0.5) is 4.79 Å². The van der Waals surface area contributed by atoms with Crippen LogP contribution in [-0.4, -0.2) is 12.3 Å². The van der Waals surface area contributed by atoms with Crippen molar-refractivity contribution in [1.29, 1.82) is 0 Å².